The van der Waals surface area contributed by atoms with Crippen LogP contribution in [0.5, 0.6) is 0 Å². The van der Waals surface area contributed by atoms with E-state index in [2.05, 4.69) is 0 Å². The summed E-state index contributed by atoms with van der Waals surface area (Å²) in [5.41, 5.74) is 7.30. The molecule has 0 aliphatic carbocycles. The summed E-state index contributed by atoms with van der Waals surface area (Å²) in [6, 6.07) is 3.25. The van der Waals surface area contributed by atoms with Gasteiger partial charge in [0, 0.05) is 5.69 Å². The maximum atomic E-state index is 12.9. The lowest BCUT2D eigenvalue weighted by Gasteiger charge is -2.01. The van der Waals surface area contributed by atoms with Crippen LogP contribution in [0, 0.1) is 19.7 Å². The van der Waals surface area contributed by atoms with Crippen LogP contribution in [0.4, 0.5) is 10.1 Å². The minimum Gasteiger partial charge on any atom is -0.399 e. The SMILES string of the molecule is Cc1cc(N)cc(C)c1F. The molecule has 0 fully saturated rings. The van der Waals surface area contributed by atoms with E-state index in [0.29, 0.717) is 16.8 Å². The number of hydrogen-bond acceptors (Lipinski definition) is 1. The zero-order valence-corrected chi connectivity index (χ0v) is 6.11. The molecule has 10 heavy (non-hydrogen) atoms. The zero-order valence-electron chi connectivity index (χ0n) is 6.11. The highest BCUT2D eigenvalue weighted by atomic mass is 19.1. The predicted molar refractivity (Wildman–Crippen MR) is 40.3 cm³/mol. The molecule has 0 bridgehead atoms. The second kappa shape index (κ2) is 2.29. The van der Waals surface area contributed by atoms with Crippen molar-refractivity contribution in [2.75, 3.05) is 5.73 Å². The average Bonchev–Trinajstić information content (AvgIpc) is 1.82. The second-order valence-corrected chi connectivity index (χ2v) is 2.47. The Morgan fingerprint density at radius 1 is 1.20 bits per heavy atom. The minimum atomic E-state index is -0.158. The molecule has 1 nitrogen and oxygen atoms in total. The van der Waals surface area contributed by atoms with Crippen molar-refractivity contribution in [3.8, 4) is 0 Å². The van der Waals surface area contributed by atoms with E-state index in [1.807, 2.05) is 0 Å². The molecule has 0 heterocycles. The first-order chi connectivity index (χ1) is 4.61. The third-order valence-corrected chi connectivity index (χ3v) is 1.46. The Morgan fingerprint density at radius 2 is 1.60 bits per heavy atom. The van der Waals surface area contributed by atoms with Gasteiger partial charge in [0.05, 0.1) is 0 Å². The van der Waals surface area contributed by atoms with Gasteiger partial charge in [0.25, 0.3) is 0 Å². The molecular formula is C8H10FN. The Balaban J connectivity index is 3.31. The standard InChI is InChI=1S/C8H10FN/c1-5-3-7(10)4-6(2)8(5)9/h3-4H,10H2,1-2H3. The summed E-state index contributed by atoms with van der Waals surface area (Å²) in [6.07, 6.45) is 0. The summed E-state index contributed by atoms with van der Waals surface area (Å²) in [6.45, 7) is 3.41. The van der Waals surface area contributed by atoms with Gasteiger partial charge < -0.3 is 5.73 Å². The fraction of sp³-hybridized carbons (Fsp3) is 0.250. The fourth-order valence-corrected chi connectivity index (χ4v) is 0.979. The average molecular weight is 139 g/mol. The Bertz CT molecular complexity index is 232. The van der Waals surface area contributed by atoms with Gasteiger partial charge in [-0.2, -0.15) is 0 Å². The Hall–Kier alpha value is -1.05. The molecule has 1 aromatic rings. The first-order valence-electron chi connectivity index (χ1n) is 3.13. The molecule has 1 aromatic carbocycles. The largest absolute Gasteiger partial charge is 0.399 e. The molecule has 54 valence electrons. The third kappa shape index (κ3) is 1.10. The molecule has 1 rings (SSSR count). The topological polar surface area (TPSA) is 26.0 Å². The molecule has 2 heteroatoms. The molecule has 0 aromatic heterocycles. The van der Waals surface area contributed by atoms with Gasteiger partial charge in [0.1, 0.15) is 5.82 Å². The molecule has 0 saturated carbocycles. The number of aryl methyl sites for hydroxylation is 2. The lowest BCUT2D eigenvalue weighted by Crippen LogP contribution is -1.92. The highest BCUT2D eigenvalue weighted by Crippen LogP contribution is 2.15. The number of rotatable bonds is 0. The van der Waals surface area contributed by atoms with Crippen molar-refractivity contribution in [1.82, 2.24) is 0 Å². The summed E-state index contributed by atoms with van der Waals surface area (Å²) in [5.74, 6) is -0.158. The van der Waals surface area contributed by atoms with Crippen LogP contribution in [0.25, 0.3) is 0 Å². The Labute approximate surface area is 59.7 Å². The molecule has 0 aliphatic rings. The Morgan fingerprint density at radius 3 is 2.00 bits per heavy atom. The minimum absolute atomic E-state index is 0.158. The Kier molecular flexibility index (Phi) is 1.62. The first-order valence-corrected chi connectivity index (χ1v) is 3.13. The molecular weight excluding hydrogens is 129 g/mol. The maximum absolute atomic E-state index is 12.9. The summed E-state index contributed by atoms with van der Waals surface area (Å²) in [4.78, 5) is 0. The predicted octanol–water partition coefficient (Wildman–Crippen LogP) is 2.02. The van der Waals surface area contributed by atoms with Crippen molar-refractivity contribution in [3.63, 3.8) is 0 Å². The molecule has 0 amide bonds. The van der Waals surface area contributed by atoms with Gasteiger partial charge in [-0.25, -0.2) is 4.39 Å². The number of halogens is 1. The summed E-state index contributed by atoms with van der Waals surface area (Å²) < 4.78 is 12.9. The molecule has 0 saturated heterocycles. The van der Waals surface area contributed by atoms with Crippen LogP contribution in [0.2, 0.25) is 0 Å². The van der Waals surface area contributed by atoms with Crippen molar-refractivity contribution >= 4 is 5.69 Å². The van der Waals surface area contributed by atoms with E-state index in [4.69, 9.17) is 5.73 Å². The van der Waals surface area contributed by atoms with Crippen LogP contribution in [0.15, 0.2) is 12.1 Å². The summed E-state index contributed by atoms with van der Waals surface area (Å²) >= 11 is 0. The van der Waals surface area contributed by atoms with Gasteiger partial charge >= 0.3 is 0 Å². The third-order valence-electron chi connectivity index (χ3n) is 1.46. The zero-order chi connectivity index (χ0) is 7.72. The number of hydrogen-bond donors (Lipinski definition) is 1. The highest BCUT2D eigenvalue weighted by Gasteiger charge is 2.00. The van der Waals surface area contributed by atoms with Crippen molar-refractivity contribution in [2.24, 2.45) is 0 Å². The number of benzene rings is 1. The van der Waals surface area contributed by atoms with Crippen LogP contribution in [0.1, 0.15) is 11.1 Å². The van der Waals surface area contributed by atoms with Gasteiger partial charge in [-0.05, 0) is 37.1 Å². The van der Waals surface area contributed by atoms with Gasteiger partial charge in [0.15, 0.2) is 0 Å². The van der Waals surface area contributed by atoms with E-state index >= 15 is 0 Å². The van der Waals surface area contributed by atoms with Crippen molar-refractivity contribution < 1.29 is 4.39 Å². The van der Waals surface area contributed by atoms with E-state index < -0.39 is 0 Å². The van der Waals surface area contributed by atoms with Crippen LogP contribution in [-0.4, -0.2) is 0 Å². The monoisotopic (exact) mass is 139 g/mol. The van der Waals surface area contributed by atoms with Crippen LogP contribution in [0.3, 0.4) is 0 Å². The van der Waals surface area contributed by atoms with Crippen molar-refractivity contribution in [3.05, 3.63) is 29.1 Å². The van der Waals surface area contributed by atoms with Gasteiger partial charge in [-0.1, -0.05) is 0 Å². The van der Waals surface area contributed by atoms with Crippen LogP contribution >= 0.6 is 0 Å². The molecule has 0 spiro atoms. The summed E-state index contributed by atoms with van der Waals surface area (Å²) in [7, 11) is 0. The smallest absolute Gasteiger partial charge is 0.129 e. The van der Waals surface area contributed by atoms with Crippen LogP contribution in [-0.2, 0) is 0 Å². The number of nitrogens with two attached hydrogens (primary N) is 1. The quantitative estimate of drug-likeness (QED) is 0.547. The lowest BCUT2D eigenvalue weighted by molar-refractivity contribution is 0.609. The van der Waals surface area contributed by atoms with E-state index in [1.54, 1.807) is 26.0 Å². The van der Waals surface area contributed by atoms with Crippen molar-refractivity contribution in [2.45, 2.75) is 13.8 Å². The maximum Gasteiger partial charge on any atom is 0.129 e. The van der Waals surface area contributed by atoms with E-state index in [0.717, 1.165) is 0 Å². The molecule has 0 radical (unpaired) electrons. The van der Waals surface area contributed by atoms with E-state index in [1.165, 1.54) is 0 Å². The fourth-order valence-electron chi connectivity index (χ4n) is 0.979. The molecule has 2 N–H and O–H groups in total. The van der Waals surface area contributed by atoms with Gasteiger partial charge in [-0.3, -0.25) is 0 Å². The van der Waals surface area contributed by atoms with Crippen molar-refractivity contribution in [1.29, 1.82) is 0 Å². The normalized spacial score (nSPS) is 9.90. The number of nitrogen functional groups attached to an aromatic ring is 1. The van der Waals surface area contributed by atoms with E-state index in [9.17, 15) is 4.39 Å². The van der Waals surface area contributed by atoms with Gasteiger partial charge in [-0.15, -0.1) is 0 Å². The van der Waals surface area contributed by atoms with Gasteiger partial charge in [0.2, 0.25) is 0 Å². The first kappa shape index (κ1) is 7.06. The number of anilines is 1. The van der Waals surface area contributed by atoms with E-state index in [-0.39, 0.29) is 5.82 Å². The molecule has 0 atom stereocenters. The molecule has 0 unspecified atom stereocenters. The molecule has 0 aliphatic heterocycles. The lowest BCUT2D eigenvalue weighted by atomic mass is 10.1. The second-order valence-electron chi connectivity index (χ2n) is 2.47. The summed E-state index contributed by atoms with van der Waals surface area (Å²) in [5, 5.41) is 0. The highest BCUT2D eigenvalue weighted by molar-refractivity contribution is 5.44. The van der Waals surface area contributed by atoms with Crippen LogP contribution < -0.4 is 5.73 Å².